The van der Waals surface area contributed by atoms with E-state index in [1.165, 1.54) is 0 Å². The van der Waals surface area contributed by atoms with Crippen LogP contribution in [0.2, 0.25) is 0 Å². The molecule has 0 N–H and O–H groups in total. The van der Waals surface area contributed by atoms with Crippen molar-refractivity contribution in [2.75, 3.05) is 7.11 Å². The number of hydrogen-bond donors (Lipinski definition) is 0. The molecule has 0 aliphatic rings. The van der Waals surface area contributed by atoms with Crippen LogP contribution in [0.1, 0.15) is 5.69 Å². The molecule has 0 bridgehead atoms. The molecule has 0 unspecified atom stereocenters. The van der Waals surface area contributed by atoms with Crippen molar-refractivity contribution in [3.63, 3.8) is 0 Å². The second-order valence-electron chi connectivity index (χ2n) is 4.32. The molecule has 20 heavy (non-hydrogen) atoms. The highest BCUT2D eigenvalue weighted by Crippen LogP contribution is 2.29. The molecular weight excluding hydrogens is 254 g/mol. The van der Waals surface area contributed by atoms with Crippen LogP contribution in [0, 0.1) is 6.92 Å². The largest absolute Gasteiger partial charge is 0.480 e. The van der Waals surface area contributed by atoms with Crippen LogP contribution in [0.15, 0.2) is 47.1 Å². The number of hydrogen-bond acceptors (Lipinski definition) is 5. The number of nitrogens with zero attached hydrogens (tertiary/aromatic N) is 3. The predicted octanol–water partition coefficient (Wildman–Crippen LogP) is 3.12. The zero-order valence-corrected chi connectivity index (χ0v) is 11.2. The van der Waals surface area contributed by atoms with Gasteiger partial charge in [-0.25, -0.2) is 4.98 Å². The lowest BCUT2D eigenvalue weighted by atomic mass is 10.2. The molecule has 100 valence electrons. The molecule has 3 rings (SSSR count). The molecule has 5 heteroatoms. The molecular formula is C15H13N3O2. The third-order valence-electron chi connectivity index (χ3n) is 2.87. The van der Waals surface area contributed by atoms with Gasteiger partial charge in [-0.3, -0.25) is 0 Å². The van der Waals surface area contributed by atoms with Gasteiger partial charge in [-0.15, -0.1) is 0 Å². The lowest BCUT2D eigenvalue weighted by Gasteiger charge is -2.06. The Balaban J connectivity index is 2.07. The topological polar surface area (TPSA) is 61.0 Å². The molecule has 5 nitrogen and oxygen atoms in total. The van der Waals surface area contributed by atoms with E-state index >= 15 is 0 Å². The van der Waals surface area contributed by atoms with E-state index in [0.29, 0.717) is 23.0 Å². The van der Waals surface area contributed by atoms with Crippen molar-refractivity contribution in [1.29, 1.82) is 0 Å². The summed E-state index contributed by atoms with van der Waals surface area (Å²) in [6, 6.07) is 11.6. The summed E-state index contributed by atoms with van der Waals surface area (Å²) in [7, 11) is 1.57. The first-order valence-corrected chi connectivity index (χ1v) is 6.18. The Bertz CT molecular complexity index is 723. The van der Waals surface area contributed by atoms with E-state index in [2.05, 4.69) is 15.1 Å². The first kappa shape index (κ1) is 12.3. The van der Waals surface area contributed by atoms with Gasteiger partial charge >= 0.3 is 0 Å². The zero-order chi connectivity index (χ0) is 13.9. The van der Waals surface area contributed by atoms with Crippen molar-refractivity contribution < 1.29 is 9.26 Å². The molecule has 0 atom stereocenters. The summed E-state index contributed by atoms with van der Waals surface area (Å²) >= 11 is 0. The summed E-state index contributed by atoms with van der Waals surface area (Å²) in [5, 5.41) is 3.86. The molecule has 0 aliphatic carbocycles. The van der Waals surface area contributed by atoms with Gasteiger partial charge in [0.05, 0.1) is 12.8 Å². The monoisotopic (exact) mass is 267 g/mol. The Kier molecular flexibility index (Phi) is 3.16. The molecule has 0 aliphatic heterocycles. The highest BCUT2D eigenvalue weighted by atomic mass is 16.5. The summed E-state index contributed by atoms with van der Waals surface area (Å²) < 4.78 is 10.6. The lowest BCUT2D eigenvalue weighted by Crippen LogP contribution is -1.96. The fourth-order valence-corrected chi connectivity index (χ4v) is 1.91. The first-order valence-electron chi connectivity index (χ1n) is 6.18. The number of aryl methyl sites for hydroxylation is 1. The number of ether oxygens (including phenoxy) is 1. The maximum atomic E-state index is 5.33. The Hall–Kier alpha value is -2.69. The van der Waals surface area contributed by atoms with Crippen LogP contribution in [0.25, 0.3) is 22.7 Å². The lowest BCUT2D eigenvalue weighted by molar-refractivity contribution is 0.391. The summed E-state index contributed by atoms with van der Waals surface area (Å²) in [6.45, 7) is 1.86. The summed E-state index contributed by atoms with van der Waals surface area (Å²) in [5.74, 6) is 1.68. The van der Waals surface area contributed by atoms with Crippen LogP contribution in [-0.2, 0) is 0 Å². The van der Waals surface area contributed by atoms with E-state index < -0.39 is 0 Å². The van der Waals surface area contributed by atoms with Crippen molar-refractivity contribution in [2.24, 2.45) is 0 Å². The molecule has 3 aromatic rings. The summed E-state index contributed by atoms with van der Waals surface area (Å²) in [5.41, 5.74) is 2.42. The van der Waals surface area contributed by atoms with Crippen molar-refractivity contribution in [3.05, 3.63) is 48.3 Å². The van der Waals surface area contributed by atoms with Crippen molar-refractivity contribution >= 4 is 0 Å². The molecule has 2 aromatic heterocycles. The molecule has 1 aromatic carbocycles. The minimum Gasteiger partial charge on any atom is -0.480 e. The first-order chi connectivity index (χ1) is 9.78. The van der Waals surface area contributed by atoms with Crippen LogP contribution in [-0.4, -0.2) is 22.2 Å². The van der Waals surface area contributed by atoms with Gasteiger partial charge in [-0.2, -0.15) is 4.98 Å². The van der Waals surface area contributed by atoms with Crippen LogP contribution >= 0.6 is 0 Å². The summed E-state index contributed by atoms with van der Waals surface area (Å²) in [6.07, 6.45) is 1.69. The average molecular weight is 267 g/mol. The smallest absolute Gasteiger partial charge is 0.228 e. The van der Waals surface area contributed by atoms with E-state index in [0.717, 1.165) is 11.3 Å². The van der Waals surface area contributed by atoms with E-state index in [9.17, 15) is 0 Å². The Morgan fingerprint density at radius 1 is 1.15 bits per heavy atom. The zero-order valence-electron chi connectivity index (χ0n) is 11.2. The van der Waals surface area contributed by atoms with Crippen LogP contribution in [0.5, 0.6) is 5.88 Å². The van der Waals surface area contributed by atoms with Crippen molar-refractivity contribution in [1.82, 2.24) is 15.1 Å². The Labute approximate surface area is 116 Å². The van der Waals surface area contributed by atoms with Crippen molar-refractivity contribution in [2.45, 2.75) is 6.92 Å². The molecule has 0 saturated carbocycles. The third-order valence-corrected chi connectivity index (χ3v) is 2.87. The molecule has 0 saturated heterocycles. The van der Waals surface area contributed by atoms with Gasteiger partial charge in [0.2, 0.25) is 5.88 Å². The van der Waals surface area contributed by atoms with Crippen LogP contribution in [0.4, 0.5) is 0 Å². The normalized spacial score (nSPS) is 10.5. The number of methoxy groups -OCH3 is 1. The molecule has 0 fully saturated rings. The quantitative estimate of drug-likeness (QED) is 0.729. The second kappa shape index (κ2) is 5.13. The third kappa shape index (κ3) is 2.25. The molecule has 0 radical (unpaired) electrons. The minimum absolute atomic E-state index is 0.468. The number of aromatic nitrogens is 3. The van der Waals surface area contributed by atoms with Gasteiger partial charge in [0.1, 0.15) is 5.56 Å². The second-order valence-corrected chi connectivity index (χ2v) is 4.32. The Morgan fingerprint density at radius 3 is 2.60 bits per heavy atom. The highest BCUT2D eigenvalue weighted by molar-refractivity contribution is 5.65. The predicted molar refractivity (Wildman–Crippen MR) is 74.3 cm³/mol. The summed E-state index contributed by atoms with van der Waals surface area (Å²) in [4.78, 5) is 8.79. The fourth-order valence-electron chi connectivity index (χ4n) is 1.91. The van der Waals surface area contributed by atoms with Gasteiger partial charge in [0, 0.05) is 17.8 Å². The van der Waals surface area contributed by atoms with E-state index in [1.54, 1.807) is 13.3 Å². The van der Waals surface area contributed by atoms with E-state index in [-0.39, 0.29) is 0 Å². The maximum absolute atomic E-state index is 5.33. The van der Waals surface area contributed by atoms with Gasteiger partial charge in [-0.05, 0) is 6.92 Å². The molecule has 0 amide bonds. The Morgan fingerprint density at radius 2 is 1.95 bits per heavy atom. The number of benzene rings is 1. The number of rotatable bonds is 3. The minimum atomic E-state index is 0.468. The van der Waals surface area contributed by atoms with Crippen LogP contribution in [0.3, 0.4) is 0 Å². The highest BCUT2D eigenvalue weighted by Gasteiger charge is 2.14. The van der Waals surface area contributed by atoms with E-state index in [4.69, 9.17) is 9.26 Å². The van der Waals surface area contributed by atoms with Crippen molar-refractivity contribution in [3.8, 4) is 28.6 Å². The van der Waals surface area contributed by atoms with Gasteiger partial charge in [-0.1, -0.05) is 35.5 Å². The standard InChI is InChI=1S/C15H13N3O2/c1-10-8-13(20-18-10)12-9-16-14(17-15(12)19-2)11-6-4-3-5-7-11/h3-9H,1-2H3. The van der Waals surface area contributed by atoms with Gasteiger partial charge in [0.15, 0.2) is 11.6 Å². The molecule has 0 spiro atoms. The average Bonchev–Trinajstić information content (AvgIpc) is 2.94. The van der Waals surface area contributed by atoms with Gasteiger partial charge < -0.3 is 9.26 Å². The fraction of sp³-hybridized carbons (Fsp3) is 0.133. The van der Waals surface area contributed by atoms with E-state index in [1.807, 2.05) is 43.3 Å². The van der Waals surface area contributed by atoms with Crippen LogP contribution < -0.4 is 4.74 Å². The SMILES string of the molecule is COc1nc(-c2ccccc2)ncc1-c1cc(C)no1. The maximum Gasteiger partial charge on any atom is 0.228 e. The molecule has 2 heterocycles. The van der Waals surface area contributed by atoms with Gasteiger partial charge in [0.25, 0.3) is 0 Å².